The Bertz CT molecular complexity index is 747. The molecule has 1 unspecified atom stereocenters. The zero-order valence-corrected chi connectivity index (χ0v) is 16.1. The fraction of sp³-hybridized carbons (Fsp3) is 0.412. The summed E-state index contributed by atoms with van der Waals surface area (Å²) in [7, 11) is 0. The molecule has 0 spiro atoms. The Morgan fingerprint density at radius 1 is 1.44 bits per heavy atom. The van der Waals surface area contributed by atoms with Gasteiger partial charge < -0.3 is 15.4 Å². The van der Waals surface area contributed by atoms with Gasteiger partial charge in [0.2, 0.25) is 5.91 Å². The van der Waals surface area contributed by atoms with E-state index in [1.54, 1.807) is 0 Å². The number of thioether (sulfide) groups is 1. The van der Waals surface area contributed by atoms with Gasteiger partial charge in [0, 0.05) is 47.9 Å². The first kappa shape index (κ1) is 18.5. The number of halogens is 1. The second-order valence-electron chi connectivity index (χ2n) is 5.94. The van der Waals surface area contributed by atoms with Gasteiger partial charge in [-0.2, -0.15) is 11.8 Å². The van der Waals surface area contributed by atoms with Gasteiger partial charge in [-0.15, -0.1) is 23.7 Å². The van der Waals surface area contributed by atoms with Crippen LogP contribution in [0.2, 0.25) is 0 Å². The highest BCUT2D eigenvalue weighted by Gasteiger charge is 2.18. The third-order valence-corrected chi connectivity index (χ3v) is 6.05. The lowest BCUT2D eigenvalue weighted by Crippen LogP contribution is -2.39. The Labute approximate surface area is 161 Å². The number of anilines is 1. The molecule has 2 aliphatic heterocycles. The number of aromatic nitrogens is 1. The lowest BCUT2D eigenvalue weighted by molar-refractivity contribution is -0.116. The zero-order valence-electron chi connectivity index (χ0n) is 13.6. The first-order valence-corrected chi connectivity index (χ1v) is 10.1. The van der Waals surface area contributed by atoms with Crippen LogP contribution in [0.5, 0.6) is 5.75 Å². The molecule has 3 heterocycles. The minimum Gasteiger partial charge on any atom is -0.493 e. The van der Waals surface area contributed by atoms with E-state index in [1.807, 2.05) is 29.3 Å². The summed E-state index contributed by atoms with van der Waals surface area (Å²) in [4.78, 5) is 16.7. The van der Waals surface area contributed by atoms with E-state index in [0.717, 1.165) is 48.1 Å². The van der Waals surface area contributed by atoms with Crippen molar-refractivity contribution in [2.24, 2.45) is 0 Å². The smallest absolute Gasteiger partial charge is 0.227 e. The van der Waals surface area contributed by atoms with Crippen LogP contribution in [0, 0.1) is 0 Å². The maximum absolute atomic E-state index is 12.2. The molecule has 0 radical (unpaired) electrons. The van der Waals surface area contributed by atoms with Gasteiger partial charge in [-0.1, -0.05) is 0 Å². The fourth-order valence-corrected chi connectivity index (χ4v) is 4.64. The van der Waals surface area contributed by atoms with Crippen molar-refractivity contribution in [3.63, 3.8) is 0 Å². The predicted molar refractivity (Wildman–Crippen MR) is 106 cm³/mol. The minimum absolute atomic E-state index is 0. The quantitative estimate of drug-likeness (QED) is 0.829. The first-order chi connectivity index (χ1) is 11.8. The lowest BCUT2D eigenvalue weighted by Gasteiger charge is -2.22. The van der Waals surface area contributed by atoms with E-state index in [9.17, 15) is 4.79 Å². The minimum atomic E-state index is 0. The second-order valence-corrected chi connectivity index (χ2v) is 7.95. The Hall–Kier alpha value is -1.28. The first-order valence-electron chi connectivity index (χ1n) is 8.10. The highest BCUT2D eigenvalue weighted by atomic mass is 35.5. The third kappa shape index (κ3) is 4.47. The maximum atomic E-state index is 12.2. The average molecular weight is 398 g/mol. The molecule has 0 bridgehead atoms. The molecule has 1 aromatic heterocycles. The van der Waals surface area contributed by atoms with Crippen LogP contribution >= 0.6 is 35.5 Å². The Morgan fingerprint density at radius 3 is 3.20 bits per heavy atom. The largest absolute Gasteiger partial charge is 0.493 e. The predicted octanol–water partition coefficient (Wildman–Crippen LogP) is 3.20. The topological polar surface area (TPSA) is 63.2 Å². The van der Waals surface area contributed by atoms with Gasteiger partial charge in [0.15, 0.2) is 5.13 Å². The molecule has 2 N–H and O–H groups in total. The highest BCUT2D eigenvalue weighted by Crippen LogP contribution is 2.32. The van der Waals surface area contributed by atoms with Gasteiger partial charge in [0.25, 0.3) is 0 Å². The number of thiazole rings is 1. The molecule has 2 aromatic rings. The molecular formula is C17H20ClN3O2S2. The monoisotopic (exact) mass is 397 g/mol. The summed E-state index contributed by atoms with van der Waals surface area (Å²) < 4.78 is 5.54. The van der Waals surface area contributed by atoms with E-state index in [4.69, 9.17) is 4.74 Å². The van der Waals surface area contributed by atoms with E-state index in [1.165, 1.54) is 16.9 Å². The fourth-order valence-electron chi connectivity index (χ4n) is 2.95. The summed E-state index contributed by atoms with van der Waals surface area (Å²) in [6, 6.07) is 6.42. The van der Waals surface area contributed by atoms with Crippen molar-refractivity contribution in [1.29, 1.82) is 0 Å². The van der Waals surface area contributed by atoms with Crippen LogP contribution in [0.25, 0.3) is 11.3 Å². The van der Waals surface area contributed by atoms with E-state index in [-0.39, 0.29) is 24.4 Å². The van der Waals surface area contributed by atoms with E-state index < -0.39 is 0 Å². The third-order valence-electron chi connectivity index (χ3n) is 4.17. The van der Waals surface area contributed by atoms with Gasteiger partial charge >= 0.3 is 0 Å². The van der Waals surface area contributed by atoms with Crippen LogP contribution in [0.3, 0.4) is 0 Å². The van der Waals surface area contributed by atoms with Crippen molar-refractivity contribution in [1.82, 2.24) is 10.3 Å². The number of fused-ring (bicyclic) bond motifs is 1. The molecule has 1 aromatic carbocycles. The Morgan fingerprint density at radius 2 is 2.36 bits per heavy atom. The number of hydrogen-bond acceptors (Lipinski definition) is 6. The average Bonchev–Trinajstić information content (AvgIpc) is 3.24. The van der Waals surface area contributed by atoms with Crippen LogP contribution in [-0.4, -0.2) is 41.6 Å². The van der Waals surface area contributed by atoms with Gasteiger partial charge in [-0.25, -0.2) is 4.98 Å². The van der Waals surface area contributed by atoms with Crippen molar-refractivity contribution < 1.29 is 9.53 Å². The maximum Gasteiger partial charge on any atom is 0.227 e. The van der Waals surface area contributed by atoms with Crippen molar-refractivity contribution in [2.45, 2.75) is 18.9 Å². The number of nitrogens with one attached hydrogen (secondary N) is 2. The number of benzene rings is 1. The number of amides is 1. The molecule has 4 rings (SSSR count). The molecule has 8 heteroatoms. The van der Waals surface area contributed by atoms with Gasteiger partial charge in [0.1, 0.15) is 5.75 Å². The van der Waals surface area contributed by atoms with Crippen LogP contribution in [0.1, 0.15) is 12.0 Å². The number of rotatable bonds is 4. The van der Waals surface area contributed by atoms with Crippen LogP contribution in [0.15, 0.2) is 23.6 Å². The molecule has 0 aliphatic carbocycles. The molecule has 134 valence electrons. The van der Waals surface area contributed by atoms with Crippen LogP contribution in [0.4, 0.5) is 5.13 Å². The van der Waals surface area contributed by atoms with Gasteiger partial charge in [-0.05, 0) is 23.8 Å². The van der Waals surface area contributed by atoms with E-state index in [0.29, 0.717) is 11.6 Å². The number of carbonyl (C=O) groups excluding carboxylic acids is 1. The van der Waals surface area contributed by atoms with Gasteiger partial charge in [0.05, 0.1) is 12.3 Å². The van der Waals surface area contributed by atoms with E-state index in [2.05, 4.69) is 21.7 Å². The SMILES string of the molecule is Cl.O=C(CC1CSCCN1)Nc1nc(-c2ccc3c(c2)CCO3)cs1. The molecule has 1 saturated heterocycles. The Kier molecular flexibility index (Phi) is 6.22. The molecule has 25 heavy (non-hydrogen) atoms. The highest BCUT2D eigenvalue weighted by molar-refractivity contribution is 7.99. The number of carbonyl (C=O) groups is 1. The molecule has 1 fully saturated rings. The van der Waals surface area contributed by atoms with Gasteiger partial charge in [-0.3, -0.25) is 4.79 Å². The molecule has 1 amide bonds. The zero-order chi connectivity index (χ0) is 16.4. The molecule has 0 saturated carbocycles. The summed E-state index contributed by atoms with van der Waals surface area (Å²) in [5, 5.41) is 8.96. The standard InChI is InChI=1S/C17H19N3O2S2.ClH/c21-16(8-13-9-23-6-4-18-13)20-17-19-14(10-24-17)11-1-2-15-12(7-11)3-5-22-15;/h1-2,7,10,13,18H,3-6,8-9H2,(H,19,20,21);1H. The molecule has 5 nitrogen and oxygen atoms in total. The Balaban J connectivity index is 0.00000182. The summed E-state index contributed by atoms with van der Waals surface area (Å²) in [6.07, 6.45) is 1.45. The number of hydrogen-bond donors (Lipinski definition) is 2. The van der Waals surface area contributed by atoms with Crippen LogP contribution < -0.4 is 15.4 Å². The summed E-state index contributed by atoms with van der Waals surface area (Å²) in [5.74, 6) is 3.12. The normalized spacial score (nSPS) is 18.8. The van der Waals surface area contributed by atoms with Crippen LogP contribution in [-0.2, 0) is 11.2 Å². The molecular weight excluding hydrogens is 378 g/mol. The molecule has 2 aliphatic rings. The van der Waals surface area contributed by atoms with Crippen molar-refractivity contribution >= 4 is 46.5 Å². The van der Waals surface area contributed by atoms with Crippen molar-refractivity contribution in [2.75, 3.05) is 30.0 Å². The molecule has 1 atom stereocenters. The lowest BCUT2D eigenvalue weighted by atomic mass is 10.1. The number of ether oxygens (including phenoxy) is 1. The van der Waals surface area contributed by atoms with E-state index >= 15 is 0 Å². The second kappa shape index (κ2) is 8.40. The number of nitrogens with zero attached hydrogens (tertiary/aromatic N) is 1. The van der Waals surface area contributed by atoms with Crippen molar-refractivity contribution in [3.05, 3.63) is 29.1 Å². The van der Waals surface area contributed by atoms with Crippen molar-refractivity contribution in [3.8, 4) is 17.0 Å². The summed E-state index contributed by atoms with van der Waals surface area (Å²) in [6.45, 7) is 1.73. The summed E-state index contributed by atoms with van der Waals surface area (Å²) in [5.41, 5.74) is 3.20. The summed E-state index contributed by atoms with van der Waals surface area (Å²) >= 11 is 3.36.